The molecule has 0 aromatic rings. The fraction of sp³-hybridized carbons (Fsp3) is 0.667. The molecule has 0 aliphatic rings. The van der Waals surface area contributed by atoms with E-state index in [0.29, 0.717) is 0 Å². The van der Waals surface area contributed by atoms with Crippen molar-refractivity contribution in [2.75, 3.05) is 5.75 Å². The van der Waals surface area contributed by atoms with E-state index in [1.165, 1.54) is 0 Å². The van der Waals surface area contributed by atoms with Crippen LogP contribution in [0.5, 0.6) is 0 Å². The summed E-state index contributed by atoms with van der Waals surface area (Å²) in [5.74, 6) is -1.28. The van der Waals surface area contributed by atoms with Crippen LogP contribution in [0.2, 0.25) is 0 Å². The van der Waals surface area contributed by atoms with Gasteiger partial charge in [0.2, 0.25) is 0 Å². The van der Waals surface area contributed by atoms with Gasteiger partial charge in [-0.2, -0.15) is 12.6 Å². The zero-order chi connectivity index (χ0) is 6.57. The molecule has 0 heterocycles. The van der Waals surface area contributed by atoms with Crippen LogP contribution in [-0.4, -0.2) is 22.9 Å². The molecule has 0 radical (unpaired) electrons. The largest absolute Gasteiger partial charge is 0.480 e. The van der Waals surface area contributed by atoms with Crippen molar-refractivity contribution < 1.29 is 14.4 Å². The highest BCUT2D eigenvalue weighted by Gasteiger charge is 2.13. The average Bonchev–Trinajstić information content (AvgIpc) is 1.69. The number of carboxylic acid groups (broad SMARTS) is 1. The molecule has 0 fully saturated rings. The Morgan fingerprint density at radius 1 is 2.00 bits per heavy atom. The van der Waals surface area contributed by atoms with Crippen LogP contribution in [-0.2, 0) is 4.79 Å². The van der Waals surface area contributed by atoms with Gasteiger partial charge in [0.05, 0.1) is 0 Å². The minimum atomic E-state index is -1.23. The van der Waals surface area contributed by atoms with E-state index in [1.54, 1.807) is 0 Å². The minimum absolute atomic E-state index is 0.0498. The molecular formula is C3H6FNO2S. The van der Waals surface area contributed by atoms with Crippen LogP contribution < -0.4 is 5.54 Å². The van der Waals surface area contributed by atoms with Gasteiger partial charge in [-0.3, -0.25) is 4.79 Å². The molecule has 0 bridgehead atoms. The molecule has 0 aliphatic heterocycles. The smallest absolute Gasteiger partial charge is 0.324 e. The number of rotatable bonds is 3. The van der Waals surface area contributed by atoms with Crippen LogP contribution in [0.1, 0.15) is 0 Å². The van der Waals surface area contributed by atoms with E-state index in [1.807, 2.05) is 0 Å². The van der Waals surface area contributed by atoms with Gasteiger partial charge < -0.3 is 5.11 Å². The van der Waals surface area contributed by atoms with Crippen LogP contribution in [0.25, 0.3) is 0 Å². The summed E-state index contributed by atoms with van der Waals surface area (Å²) < 4.78 is 11.2. The zero-order valence-electron chi connectivity index (χ0n) is 3.97. The number of carbonyl (C=O) groups is 1. The fourth-order valence-corrected chi connectivity index (χ4v) is 0.384. The van der Waals surface area contributed by atoms with Gasteiger partial charge in [0.15, 0.2) is 0 Å². The van der Waals surface area contributed by atoms with Gasteiger partial charge in [0.1, 0.15) is 6.04 Å². The monoisotopic (exact) mass is 139 g/mol. The second-order valence-electron chi connectivity index (χ2n) is 1.18. The highest BCUT2D eigenvalue weighted by atomic mass is 32.1. The highest BCUT2D eigenvalue weighted by molar-refractivity contribution is 7.80. The Hall–Kier alpha value is -0.290. The molecule has 0 unspecified atom stereocenters. The number of nitrogens with one attached hydrogen (secondary N) is 1. The van der Waals surface area contributed by atoms with Crippen LogP contribution in [0, 0.1) is 0 Å². The number of carboxylic acids is 1. The van der Waals surface area contributed by atoms with Crippen LogP contribution >= 0.6 is 12.6 Å². The molecule has 0 spiro atoms. The number of hydrogen-bond donors (Lipinski definition) is 3. The van der Waals surface area contributed by atoms with Gasteiger partial charge in [0, 0.05) is 5.75 Å². The topological polar surface area (TPSA) is 49.3 Å². The second kappa shape index (κ2) is 3.68. The standard InChI is InChI=1S/C3H6FNO2S/c4-5-2(1-8)3(6)7/h2,5,8H,1H2,(H,6,7)/t2-/m0/s1. The maximum atomic E-state index is 11.2. The molecule has 0 rings (SSSR count). The van der Waals surface area contributed by atoms with Gasteiger partial charge >= 0.3 is 5.97 Å². The minimum Gasteiger partial charge on any atom is -0.480 e. The van der Waals surface area contributed by atoms with Crippen molar-refractivity contribution in [3.63, 3.8) is 0 Å². The lowest BCUT2D eigenvalue weighted by molar-refractivity contribution is -0.140. The summed E-state index contributed by atoms with van der Waals surface area (Å²) in [5.41, 5.74) is 1.08. The predicted octanol–water partition coefficient (Wildman–Crippen LogP) is -0.156. The lowest BCUT2D eigenvalue weighted by Gasteiger charge is -2.01. The van der Waals surface area contributed by atoms with Crippen LogP contribution in [0.4, 0.5) is 4.48 Å². The number of aliphatic carboxylic acids is 1. The zero-order valence-corrected chi connectivity index (χ0v) is 4.86. The summed E-state index contributed by atoms with van der Waals surface area (Å²) in [6, 6.07) is -1.18. The molecule has 0 amide bonds. The SMILES string of the molecule is O=C(O)[C@H](CS)NF. The van der Waals surface area contributed by atoms with Gasteiger partial charge in [-0.15, -0.1) is 10.0 Å². The van der Waals surface area contributed by atoms with Crippen molar-refractivity contribution in [1.29, 1.82) is 0 Å². The predicted molar refractivity (Wildman–Crippen MR) is 29.5 cm³/mol. The third kappa shape index (κ3) is 2.13. The van der Waals surface area contributed by atoms with Crippen molar-refractivity contribution in [1.82, 2.24) is 5.54 Å². The maximum absolute atomic E-state index is 11.2. The molecule has 0 saturated heterocycles. The van der Waals surface area contributed by atoms with Crippen molar-refractivity contribution >= 4 is 18.6 Å². The summed E-state index contributed by atoms with van der Waals surface area (Å²) >= 11 is 3.55. The lowest BCUT2D eigenvalue weighted by atomic mass is 10.4. The molecule has 0 saturated carbocycles. The van der Waals surface area contributed by atoms with Gasteiger partial charge in [-0.25, -0.2) is 0 Å². The normalized spacial score (nSPS) is 13.2. The number of hydrogen-bond acceptors (Lipinski definition) is 3. The van der Waals surface area contributed by atoms with Crippen molar-refractivity contribution in [2.45, 2.75) is 6.04 Å². The molecule has 0 aliphatic carbocycles. The van der Waals surface area contributed by atoms with E-state index < -0.39 is 12.0 Å². The Morgan fingerprint density at radius 3 is 2.50 bits per heavy atom. The third-order valence-corrected chi connectivity index (χ3v) is 0.978. The molecule has 2 N–H and O–H groups in total. The van der Waals surface area contributed by atoms with E-state index in [-0.39, 0.29) is 5.75 Å². The summed E-state index contributed by atoms with van der Waals surface area (Å²) in [5, 5.41) is 8.02. The Morgan fingerprint density at radius 2 is 2.50 bits per heavy atom. The molecule has 8 heavy (non-hydrogen) atoms. The van der Waals surface area contributed by atoms with E-state index in [0.717, 1.165) is 5.54 Å². The van der Waals surface area contributed by atoms with E-state index in [9.17, 15) is 9.28 Å². The third-order valence-electron chi connectivity index (χ3n) is 0.612. The Kier molecular flexibility index (Phi) is 3.55. The average molecular weight is 139 g/mol. The Bertz CT molecular complexity index is 85.4. The van der Waals surface area contributed by atoms with E-state index >= 15 is 0 Å². The molecule has 0 aromatic heterocycles. The van der Waals surface area contributed by atoms with Crippen molar-refractivity contribution in [2.24, 2.45) is 0 Å². The first-order chi connectivity index (χ1) is 3.72. The number of thiol groups is 1. The molecule has 0 aromatic carbocycles. The van der Waals surface area contributed by atoms with Crippen LogP contribution in [0.3, 0.4) is 0 Å². The van der Waals surface area contributed by atoms with Gasteiger partial charge in [-0.05, 0) is 0 Å². The first-order valence-electron chi connectivity index (χ1n) is 1.92. The van der Waals surface area contributed by atoms with E-state index in [2.05, 4.69) is 12.6 Å². The summed E-state index contributed by atoms with van der Waals surface area (Å²) in [6.07, 6.45) is 0. The molecule has 48 valence electrons. The first-order valence-corrected chi connectivity index (χ1v) is 2.55. The molecule has 3 nitrogen and oxygen atoms in total. The first kappa shape index (κ1) is 7.71. The highest BCUT2D eigenvalue weighted by Crippen LogP contribution is 1.86. The summed E-state index contributed by atoms with van der Waals surface area (Å²) in [7, 11) is 0. The molecule has 1 atom stereocenters. The molecular weight excluding hydrogens is 133 g/mol. The quantitative estimate of drug-likeness (QED) is 0.376. The van der Waals surface area contributed by atoms with Gasteiger partial charge in [-0.1, -0.05) is 0 Å². The Labute approximate surface area is 51.2 Å². The van der Waals surface area contributed by atoms with Crippen LogP contribution in [0.15, 0.2) is 0 Å². The fourth-order valence-electron chi connectivity index (χ4n) is 0.159. The van der Waals surface area contributed by atoms with Gasteiger partial charge in [0.25, 0.3) is 0 Å². The van der Waals surface area contributed by atoms with E-state index in [4.69, 9.17) is 5.11 Å². The number of halogens is 1. The van der Waals surface area contributed by atoms with Crippen molar-refractivity contribution in [3.8, 4) is 0 Å². The summed E-state index contributed by atoms with van der Waals surface area (Å²) in [4.78, 5) is 9.81. The maximum Gasteiger partial charge on any atom is 0.324 e. The Balaban J connectivity index is 3.52. The lowest BCUT2D eigenvalue weighted by Crippen LogP contribution is -2.32. The van der Waals surface area contributed by atoms with Crippen molar-refractivity contribution in [3.05, 3.63) is 0 Å². The summed E-state index contributed by atoms with van der Waals surface area (Å²) in [6.45, 7) is 0. The molecule has 5 heteroatoms. The second-order valence-corrected chi connectivity index (χ2v) is 1.55.